The predicted molar refractivity (Wildman–Crippen MR) is 67.2 cm³/mol. The Morgan fingerprint density at radius 1 is 1.05 bits per heavy atom. The second-order valence-corrected chi connectivity index (χ2v) is 4.08. The van der Waals surface area contributed by atoms with Crippen LogP contribution >= 0.6 is 0 Å². The van der Waals surface area contributed by atoms with Gasteiger partial charge >= 0.3 is 12.3 Å². The Bertz CT molecular complexity index is 680. The van der Waals surface area contributed by atoms with Gasteiger partial charge in [0.05, 0.1) is 5.56 Å². The molecule has 0 fully saturated rings. The second-order valence-electron chi connectivity index (χ2n) is 4.08. The molecule has 0 heterocycles. The van der Waals surface area contributed by atoms with E-state index in [4.69, 9.17) is 5.11 Å². The van der Waals surface area contributed by atoms with Crippen LogP contribution in [0.3, 0.4) is 0 Å². The summed E-state index contributed by atoms with van der Waals surface area (Å²) in [6, 6.07) is 8.49. The average Bonchev–Trinajstić information content (AvgIpc) is 2.38. The van der Waals surface area contributed by atoms with Crippen LogP contribution in [-0.4, -0.2) is 22.5 Å². The van der Waals surface area contributed by atoms with Crippen molar-refractivity contribution in [3.05, 3.63) is 48.0 Å². The summed E-state index contributed by atoms with van der Waals surface area (Å²) in [6.07, 6.45) is -4.89. The van der Waals surface area contributed by atoms with Crippen molar-refractivity contribution in [3.63, 3.8) is 0 Å². The van der Waals surface area contributed by atoms with Crippen LogP contribution in [0.25, 0.3) is 11.1 Å². The van der Waals surface area contributed by atoms with Gasteiger partial charge in [-0.1, -0.05) is 18.2 Å². The molecule has 0 saturated heterocycles. The zero-order valence-corrected chi connectivity index (χ0v) is 10.4. The van der Waals surface area contributed by atoms with Crippen molar-refractivity contribution in [1.29, 1.82) is 0 Å². The maximum absolute atomic E-state index is 12.4. The predicted octanol–water partition coefficient (Wildman–Crippen LogP) is 3.66. The number of aromatic carboxylic acids is 1. The van der Waals surface area contributed by atoms with Crippen LogP contribution in [0, 0.1) is 0 Å². The number of phenols is 1. The Kier molecular flexibility index (Phi) is 3.75. The van der Waals surface area contributed by atoms with Crippen LogP contribution in [-0.2, 0) is 0 Å². The van der Waals surface area contributed by atoms with Crippen molar-refractivity contribution in [2.75, 3.05) is 0 Å². The molecule has 0 radical (unpaired) electrons. The zero-order valence-electron chi connectivity index (χ0n) is 10.4. The molecule has 2 rings (SSSR count). The van der Waals surface area contributed by atoms with Crippen molar-refractivity contribution in [2.45, 2.75) is 6.36 Å². The standard InChI is InChI=1S/C14H9F3O4/c15-14(16,17)21-12-4-2-1-3-9(12)10-7-8(13(19)20)5-6-11(10)18/h1-7,18H,(H,19,20). The fraction of sp³-hybridized carbons (Fsp3) is 0.0714. The van der Waals surface area contributed by atoms with Gasteiger partial charge in [0.15, 0.2) is 0 Å². The van der Waals surface area contributed by atoms with E-state index in [1.165, 1.54) is 18.2 Å². The Hall–Kier alpha value is -2.70. The van der Waals surface area contributed by atoms with E-state index in [-0.39, 0.29) is 22.4 Å². The maximum Gasteiger partial charge on any atom is 0.573 e. The van der Waals surface area contributed by atoms with Gasteiger partial charge in [-0.3, -0.25) is 0 Å². The molecule has 2 aromatic carbocycles. The number of para-hydroxylation sites is 1. The summed E-state index contributed by atoms with van der Waals surface area (Å²) in [5, 5.41) is 18.7. The molecule has 0 aromatic heterocycles. The highest BCUT2D eigenvalue weighted by atomic mass is 19.4. The number of carboxylic acid groups (broad SMARTS) is 1. The van der Waals surface area contributed by atoms with Crippen LogP contribution < -0.4 is 4.74 Å². The van der Waals surface area contributed by atoms with E-state index in [2.05, 4.69) is 4.74 Å². The monoisotopic (exact) mass is 298 g/mol. The van der Waals surface area contributed by atoms with Gasteiger partial charge in [0.2, 0.25) is 0 Å². The summed E-state index contributed by atoms with van der Waals surface area (Å²) in [5.74, 6) is -2.13. The lowest BCUT2D eigenvalue weighted by Crippen LogP contribution is -2.17. The van der Waals surface area contributed by atoms with E-state index in [1.807, 2.05) is 0 Å². The molecule has 21 heavy (non-hydrogen) atoms. The highest BCUT2D eigenvalue weighted by molar-refractivity contribution is 5.91. The molecule has 0 aliphatic rings. The lowest BCUT2D eigenvalue weighted by molar-refractivity contribution is -0.274. The molecule has 0 aliphatic carbocycles. The lowest BCUT2D eigenvalue weighted by atomic mass is 10.0. The first-order chi connectivity index (χ1) is 9.78. The lowest BCUT2D eigenvalue weighted by Gasteiger charge is -2.14. The first-order valence-electron chi connectivity index (χ1n) is 5.69. The number of halogens is 3. The molecule has 0 bridgehead atoms. The van der Waals surface area contributed by atoms with E-state index in [9.17, 15) is 23.1 Å². The Labute approximate surface area is 117 Å². The number of phenolic OH excluding ortho intramolecular Hbond substituents is 1. The zero-order chi connectivity index (χ0) is 15.6. The Balaban J connectivity index is 2.56. The first kappa shape index (κ1) is 14.7. The molecule has 110 valence electrons. The van der Waals surface area contributed by atoms with Gasteiger partial charge in [-0.15, -0.1) is 13.2 Å². The first-order valence-corrected chi connectivity index (χ1v) is 5.69. The van der Waals surface area contributed by atoms with Crippen LogP contribution in [0.2, 0.25) is 0 Å². The van der Waals surface area contributed by atoms with E-state index in [0.717, 1.165) is 24.3 Å². The number of alkyl halides is 3. The van der Waals surface area contributed by atoms with Crippen molar-refractivity contribution < 1.29 is 32.9 Å². The summed E-state index contributed by atoms with van der Waals surface area (Å²) >= 11 is 0. The number of benzene rings is 2. The third-order valence-corrected chi connectivity index (χ3v) is 2.65. The normalized spacial score (nSPS) is 11.2. The van der Waals surface area contributed by atoms with Gasteiger partial charge in [0.1, 0.15) is 11.5 Å². The number of ether oxygens (including phenoxy) is 1. The highest BCUT2D eigenvalue weighted by Gasteiger charge is 2.32. The minimum atomic E-state index is -4.89. The molecule has 0 aliphatic heterocycles. The number of carbonyl (C=O) groups is 1. The van der Waals surface area contributed by atoms with Crippen molar-refractivity contribution in [3.8, 4) is 22.6 Å². The topological polar surface area (TPSA) is 66.8 Å². The molecule has 0 amide bonds. The van der Waals surface area contributed by atoms with Gasteiger partial charge < -0.3 is 14.9 Å². The Morgan fingerprint density at radius 3 is 2.33 bits per heavy atom. The van der Waals surface area contributed by atoms with E-state index < -0.39 is 18.1 Å². The summed E-state index contributed by atoms with van der Waals surface area (Å²) in [7, 11) is 0. The quantitative estimate of drug-likeness (QED) is 0.907. The highest BCUT2D eigenvalue weighted by Crippen LogP contribution is 2.38. The summed E-state index contributed by atoms with van der Waals surface area (Å²) in [4.78, 5) is 10.9. The summed E-state index contributed by atoms with van der Waals surface area (Å²) in [5.41, 5.74) is -0.283. The molecule has 0 atom stereocenters. The molecular formula is C14H9F3O4. The smallest absolute Gasteiger partial charge is 0.507 e. The average molecular weight is 298 g/mol. The fourth-order valence-electron chi connectivity index (χ4n) is 1.79. The second kappa shape index (κ2) is 5.35. The third kappa shape index (κ3) is 3.44. The van der Waals surface area contributed by atoms with Gasteiger partial charge in [-0.25, -0.2) is 4.79 Å². The van der Waals surface area contributed by atoms with Crippen LogP contribution in [0.4, 0.5) is 13.2 Å². The minimum absolute atomic E-state index is 0.0598. The van der Waals surface area contributed by atoms with Crippen molar-refractivity contribution in [1.82, 2.24) is 0 Å². The summed E-state index contributed by atoms with van der Waals surface area (Å²) in [6.45, 7) is 0. The van der Waals surface area contributed by atoms with E-state index >= 15 is 0 Å². The number of carboxylic acids is 1. The van der Waals surface area contributed by atoms with Crippen molar-refractivity contribution >= 4 is 5.97 Å². The van der Waals surface area contributed by atoms with Gasteiger partial charge in [-0.05, 0) is 24.3 Å². The molecule has 7 heteroatoms. The molecule has 4 nitrogen and oxygen atoms in total. The SMILES string of the molecule is O=C(O)c1ccc(O)c(-c2ccccc2OC(F)(F)F)c1. The molecular weight excluding hydrogens is 289 g/mol. The van der Waals surface area contributed by atoms with E-state index in [1.54, 1.807) is 0 Å². The number of hydrogen-bond donors (Lipinski definition) is 2. The van der Waals surface area contributed by atoms with Crippen molar-refractivity contribution in [2.24, 2.45) is 0 Å². The van der Waals surface area contributed by atoms with Gasteiger partial charge in [0.25, 0.3) is 0 Å². The van der Waals surface area contributed by atoms with E-state index in [0.29, 0.717) is 0 Å². The molecule has 2 N–H and O–H groups in total. The maximum atomic E-state index is 12.4. The third-order valence-electron chi connectivity index (χ3n) is 2.65. The van der Waals surface area contributed by atoms with Crippen LogP contribution in [0.5, 0.6) is 11.5 Å². The number of rotatable bonds is 3. The number of hydrogen-bond acceptors (Lipinski definition) is 3. The molecule has 0 spiro atoms. The van der Waals surface area contributed by atoms with Crippen LogP contribution in [0.15, 0.2) is 42.5 Å². The van der Waals surface area contributed by atoms with Gasteiger partial charge in [-0.2, -0.15) is 0 Å². The fourth-order valence-corrected chi connectivity index (χ4v) is 1.79. The summed E-state index contributed by atoms with van der Waals surface area (Å²) < 4.78 is 41.0. The molecule has 0 unspecified atom stereocenters. The largest absolute Gasteiger partial charge is 0.573 e. The molecule has 0 saturated carbocycles. The van der Waals surface area contributed by atoms with Crippen LogP contribution in [0.1, 0.15) is 10.4 Å². The minimum Gasteiger partial charge on any atom is -0.507 e. The molecule has 2 aromatic rings. The number of aromatic hydroxyl groups is 1. The van der Waals surface area contributed by atoms with Gasteiger partial charge in [0, 0.05) is 11.1 Å². The Morgan fingerprint density at radius 2 is 1.71 bits per heavy atom.